The van der Waals surface area contributed by atoms with Gasteiger partial charge in [0.15, 0.2) is 0 Å². The molecule has 5 aromatic heterocycles. The summed E-state index contributed by atoms with van der Waals surface area (Å²) in [5, 5.41) is 9.34. The molecule has 0 aliphatic rings. The zero-order chi connectivity index (χ0) is 28.5. The van der Waals surface area contributed by atoms with Crippen molar-refractivity contribution in [2.45, 2.75) is 0 Å². The number of thiophene rings is 2. The van der Waals surface area contributed by atoms with Gasteiger partial charge in [0.2, 0.25) is 0 Å². The van der Waals surface area contributed by atoms with Crippen molar-refractivity contribution in [1.29, 1.82) is 0 Å². The van der Waals surface area contributed by atoms with Gasteiger partial charge in [-0.25, -0.2) is 0 Å². The van der Waals surface area contributed by atoms with E-state index in [2.05, 4.69) is 142 Å². The molecule has 4 heteroatoms. The zero-order valence-corrected chi connectivity index (χ0v) is 25.0. The second-order valence-corrected chi connectivity index (χ2v) is 13.8. The minimum atomic E-state index is 1.19. The van der Waals surface area contributed by atoms with Gasteiger partial charge in [-0.15, -0.1) is 22.7 Å². The van der Waals surface area contributed by atoms with E-state index in [-0.39, 0.29) is 0 Å². The summed E-state index contributed by atoms with van der Waals surface area (Å²) in [7, 11) is 0. The van der Waals surface area contributed by atoms with Crippen LogP contribution in [0, 0.1) is 0 Å². The highest BCUT2D eigenvalue weighted by Gasteiger charge is 2.21. The SMILES string of the molecule is c1ccc(-n2c3ccc(-c4cc5c(s4)c4cccc6c7ccccc7n5c64)cc3c3c4sc5ccccc5c4ccc32)cc1. The summed E-state index contributed by atoms with van der Waals surface area (Å²) in [5.41, 5.74) is 8.89. The number of para-hydroxylation sites is 3. The van der Waals surface area contributed by atoms with E-state index in [9.17, 15) is 0 Å². The average molecular weight is 595 g/mol. The number of fused-ring (bicyclic) bond motifs is 13. The van der Waals surface area contributed by atoms with Gasteiger partial charge < -0.3 is 8.97 Å². The van der Waals surface area contributed by atoms with Crippen LogP contribution in [0.25, 0.3) is 95.5 Å². The molecule has 11 rings (SSSR count). The molecule has 0 atom stereocenters. The van der Waals surface area contributed by atoms with Gasteiger partial charge >= 0.3 is 0 Å². The van der Waals surface area contributed by atoms with Crippen molar-refractivity contribution < 1.29 is 0 Å². The molecule has 6 aromatic carbocycles. The predicted octanol–water partition coefficient (Wildman–Crippen LogP) is 12.0. The highest BCUT2D eigenvalue weighted by molar-refractivity contribution is 7.26. The van der Waals surface area contributed by atoms with E-state index in [4.69, 9.17) is 0 Å². The molecule has 0 fully saturated rings. The fourth-order valence-corrected chi connectivity index (χ4v) is 10.1. The van der Waals surface area contributed by atoms with Crippen molar-refractivity contribution in [2.24, 2.45) is 0 Å². The lowest BCUT2D eigenvalue weighted by Crippen LogP contribution is -1.92. The molecule has 0 spiro atoms. The van der Waals surface area contributed by atoms with Gasteiger partial charge in [0, 0.05) is 57.7 Å². The molecule has 5 heterocycles. The van der Waals surface area contributed by atoms with E-state index in [0.717, 1.165) is 0 Å². The van der Waals surface area contributed by atoms with Crippen LogP contribution < -0.4 is 0 Å². The normalized spacial score (nSPS) is 12.5. The summed E-state index contributed by atoms with van der Waals surface area (Å²) in [6.45, 7) is 0. The van der Waals surface area contributed by atoms with Gasteiger partial charge in [-0.3, -0.25) is 0 Å². The van der Waals surface area contributed by atoms with Crippen molar-refractivity contribution in [2.75, 3.05) is 0 Å². The highest BCUT2D eigenvalue weighted by atomic mass is 32.1. The lowest BCUT2D eigenvalue weighted by molar-refractivity contribution is 1.18. The van der Waals surface area contributed by atoms with E-state index in [1.54, 1.807) is 0 Å². The Morgan fingerprint density at radius 2 is 1.20 bits per heavy atom. The molecule has 0 unspecified atom stereocenters. The van der Waals surface area contributed by atoms with Crippen LogP contribution >= 0.6 is 22.7 Å². The Balaban J connectivity index is 1.24. The number of hydrogen-bond donors (Lipinski definition) is 0. The second-order valence-electron chi connectivity index (χ2n) is 11.7. The molecule has 0 saturated carbocycles. The van der Waals surface area contributed by atoms with Crippen molar-refractivity contribution in [3.63, 3.8) is 0 Å². The third-order valence-electron chi connectivity index (χ3n) is 9.46. The summed E-state index contributed by atoms with van der Waals surface area (Å²) in [6.07, 6.45) is 0. The van der Waals surface area contributed by atoms with Crippen LogP contribution in [-0.2, 0) is 0 Å². The van der Waals surface area contributed by atoms with Crippen LogP contribution in [-0.4, -0.2) is 8.97 Å². The van der Waals surface area contributed by atoms with E-state index in [1.165, 1.54) is 95.5 Å². The molecule has 0 aliphatic carbocycles. The summed E-state index contributed by atoms with van der Waals surface area (Å²) in [5.74, 6) is 0. The molecule has 0 bridgehead atoms. The standard InChI is InChI=1S/C40H22N2S2/c1-2-9-24(10-3-1)41-32-19-17-23(21-30(32)37-33(41)20-18-28-26-12-5-7-16-35(26)43-40(28)37)36-22-34-39(44-36)29-14-8-13-27-25-11-4-6-15-31(25)42(34)38(27)29/h1-22H. The van der Waals surface area contributed by atoms with Crippen molar-refractivity contribution >= 4 is 102 Å². The molecule has 44 heavy (non-hydrogen) atoms. The van der Waals surface area contributed by atoms with Gasteiger partial charge in [-0.1, -0.05) is 84.9 Å². The van der Waals surface area contributed by atoms with Gasteiger partial charge in [0.05, 0.1) is 32.3 Å². The summed E-state index contributed by atoms with van der Waals surface area (Å²) in [6, 6.07) is 49.3. The quantitative estimate of drug-likeness (QED) is 0.188. The highest BCUT2D eigenvalue weighted by Crippen LogP contribution is 2.47. The van der Waals surface area contributed by atoms with E-state index in [0.29, 0.717) is 0 Å². The Labute approximate surface area is 259 Å². The Bertz CT molecular complexity index is 2930. The monoisotopic (exact) mass is 594 g/mol. The Kier molecular flexibility index (Phi) is 4.38. The first-order valence-corrected chi connectivity index (χ1v) is 16.6. The molecule has 0 amide bonds. The smallest absolute Gasteiger partial charge is 0.0656 e. The zero-order valence-electron chi connectivity index (χ0n) is 23.4. The Hall–Kier alpha value is -5.16. The Morgan fingerprint density at radius 1 is 0.432 bits per heavy atom. The number of nitrogens with zero attached hydrogens (tertiary/aromatic N) is 2. The first kappa shape index (κ1) is 23.3. The molecule has 204 valence electrons. The number of hydrogen-bond acceptors (Lipinski definition) is 2. The number of rotatable bonds is 2. The maximum Gasteiger partial charge on any atom is 0.0656 e. The third kappa shape index (κ3) is 2.85. The van der Waals surface area contributed by atoms with E-state index >= 15 is 0 Å². The first-order valence-electron chi connectivity index (χ1n) is 14.9. The van der Waals surface area contributed by atoms with Crippen molar-refractivity contribution in [1.82, 2.24) is 8.97 Å². The van der Waals surface area contributed by atoms with E-state index in [1.807, 2.05) is 22.7 Å². The topological polar surface area (TPSA) is 9.34 Å². The van der Waals surface area contributed by atoms with Crippen molar-refractivity contribution in [3.8, 4) is 16.1 Å². The lowest BCUT2D eigenvalue weighted by atomic mass is 10.1. The average Bonchev–Trinajstić information content (AvgIpc) is 3.87. The molecular weight excluding hydrogens is 573 g/mol. The maximum atomic E-state index is 2.48. The van der Waals surface area contributed by atoms with Gasteiger partial charge in [-0.2, -0.15) is 0 Å². The minimum absolute atomic E-state index is 1.19. The fraction of sp³-hybridized carbons (Fsp3) is 0. The number of benzene rings is 6. The molecule has 0 aliphatic heterocycles. The van der Waals surface area contributed by atoms with Crippen LogP contribution in [0.1, 0.15) is 0 Å². The first-order chi connectivity index (χ1) is 21.8. The minimum Gasteiger partial charge on any atom is -0.309 e. The third-order valence-corrected chi connectivity index (χ3v) is 11.9. The molecule has 0 radical (unpaired) electrons. The fourth-order valence-electron chi connectivity index (χ4n) is 7.63. The predicted molar refractivity (Wildman–Crippen MR) is 192 cm³/mol. The van der Waals surface area contributed by atoms with Crippen LogP contribution in [0.2, 0.25) is 0 Å². The largest absolute Gasteiger partial charge is 0.309 e. The van der Waals surface area contributed by atoms with Gasteiger partial charge in [0.25, 0.3) is 0 Å². The van der Waals surface area contributed by atoms with Crippen molar-refractivity contribution in [3.05, 3.63) is 133 Å². The van der Waals surface area contributed by atoms with Crippen LogP contribution in [0.15, 0.2) is 133 Å². The van der Waals surface area contributed by atoms with Gasteiger partial charge in [-0.05, 0) is 54.1 Å². The van der Waals surface area contributed by atoms with E-state index < -0.39 is 0 Å². The summed E-state index contributed by atoms with van der Waals surface area (Å²) >= 11 is 3.83. The summed E-state index contributed by atoms with van der Waals surface area (Å²) < 4.78 is 8.99. The van der Waals surface area contributed by atoms with Gasteiger partial charge in [0.1, 0.15) is 0 Å². The second kappa shape index (κ2) is 8.26. The molecule has 11 aromatic rings. The maximum absolute atomic E-state index is 2.48. The number of aromatic nitrogens is 2. The van der Waals surface area contributed by atoms with Crippen LogP contribution in [0.5, 0.6) is 0 Å². The summed E-state index contributed by atoms with van der Waals surface area (Å²) in [4.78, 5) is 1.31. The molecule has 0 saturated heterocycles. The lowest BCUT2D eigenvalue weighted by Gasteiger charge is -2.07. The molecule has 0 N–H and O–H groups in total. The molecule has 2 nitrogen and oxygen atoms in total. The van der Waals surface area contributed by atoms with Crippen LogP contribution in [0.3, 0.4) is 0 Å². The Morgan fingerprint density at radius 3 is 2.14 bits per heavy atom. The molecular formula is C40H22N2S2. The van der Waals surface area contributed by atoms with Crippen LogP contribution in [0.4, 0.5) is 0 Å².